The first-order valence-electron chi connectivity index (χ1n) is 7.40. The molecule has 1 aromatic carbocycles. The molecule has 0 radical (unpaired) electrons. The first-order chi connectivity index (χ1) is 11.8. The largest absolute Gasteiger partial charge is 0.481 e. The van der Waals surface area contributed by atoms with Gasteiger partial charge in [-0.05, 0) is 44.0 Å². The number of hydrogen-bond donors (Lipinski definition) is 0. The Morgan fingerprint density at radius 1 is 1.04 bits per heavy atom. The Morgan fingerprint density at radius 3 is 1.92 bits per heavy atom. The smallest absolute Gasteiger partial charge is 0.455 e. The number of ether oxygens (including phenoxy) is 3. The van der Waals surface area contributed by atoms with Crippen molar-refractivity contribution in [2.24, 2.45) is 0 Å². The fraction of sp³-hybridized carbons (Fsp3) is 0.562. The van der Waals surface area contributed by atoms with Gasteiger partial charge in [-0.25, -0.2) is 4.79 Å². The van der Waals surface area contributed by atoms with Crippen LogP contribution in [0, 0.1) is 13.8 Å². The van der Waals surface area contributed by atoms with E-state index in [2.05, 4.69) is 9.47 Å². The maximum atomic E-state index is 14.3. The summed E-state index contributed by atoms with van der Waals surface area (Å²) in [6, 6.07) is 1.29. The summed E-state index contributed by atoms with van der Waals surface area (Å²) in [4.78, 5) is 11.3. The van der Waals surface area contributed by atoms with E-state index in [0.29, 0.717) is 12.1 Å². The Kier molecular flexibility index (Phi) is 6.56. The minimum Gasteiger partial charge on any atom is -0.481 e. The van der Waals surface area contributed by atoms with Gasteiger partial charge in [-0.15, -0.1) is 0 Å². The summed E-state index contributed by atoms with van der Waals surface area (Å²) in [5, 5.41) is 0. The van der Waals surface area contributed by atoms with Gasteiger partial charge in [0.05, 0.1) is 6.61 Å². The summed E-state index contributed by atoms with van der Waals surface area (Å²) < 4.78 is 94.2. The third-order valence-electron chi connectivity index (χ3n) is 3.51. The van der Waals surface area contributed by atoms with Crippen LogP contribution in [0.1, 0.15) is 23.6 Å². The van der Waals surface area contributed by atoms with E-state index in [1.54, 1.807) is 6.92 Å². The van der Waals surface area contributed by atoms with Crippen molar-refractivity contribution in [3.05, 3.63) is 28.8 Å². The molecule has 0 aliphatic heterocycles. The molecule has 0 saturated carbocycles. The molecule has 4 nitrogen and oxygen atoms in total. The van der Waals surface area contributed by atoms with E-state index in [4.69, 9.17) is 4.74 Å². The molecule has 0 aliphatic carbocycles. The molecule has 1 rings (SSSR count). The lowest BCUT2D eigenvalue weighted by atomic mass is 9.96. The number of esters is 1. The van der Waals surface area contributed by atoms with Crippen molar-refractivity contribution >= 4 is 5.97 Å². The van der Waals surface area contributed by atoms with Crippen LogP contribution >= 0.6 is 0 Å². The minimum atomic E-state index is -5.97. The zero-order chi connectivity index (χ0) is 20.3. The van der Waals surface area contributed by atoms with Crippen LogP contribution in [0.2, 0.25) is 0 Å². The molecule has 0 aromatic heterocycles. The number of halogens is 6. The van der Waals surface area contributed by atoms with Crippen LogP contribution < -0.4 is 4.74 Å². The van der Waals surface area contributed by atoms with E-state index >= 15 is 0 Å². The van der Waals surface area contributed by atoms with E-state index in [9.17, 15) is 31.1 Å². The molecule has 0 bridgehead atoms. The van der Waals surface area contributed by atoms with Crippen molar-refractivity contribution < 1.29 is 45.3 Å². The molecule has 10 heteroatoms. The number of carbonyl (C=O) groups is 1. The highest BCUT2D eigenvalue weighted by molar-refractivity contribution is 5.71. The lowest BCUT2D eigenvalue weighted by molar-refractivity contribution is -0.398. The van der Waals surface area contributed by atoms with Crippen LogP contribution in [-0.4, -0.2) is 38.3 Å². The summed E-state index contributed by atoms with van der Waals surface area (Å²) >= 11 is 0. The second kappa shape index (κ2) is 7.73. The number of carbonyl (C=O) groups excluding carboxylic acids is 1. The monoisotopic (exact) mass is 388 g/mol. The van der Waals surface area contributed by atoms with Crippen molar-refractivity contribution in [1.82, 2.24) is 0 Å². The van der Waals surface area contributed by atoms with Gasteiger partial charge in [0.2, 0.25) is 0 Å². The first kappa shape index (κ1) is 22.1. The van der Waals surface area contributed by atoms with Crippen molar-refractivity contribution in [1.29, 1.82) is 0 Å². The van der Waals surface area contributed by atoms with Gasteiger partial charge in [0.25, 0.3) is 0 Å². The van der Waals surface area contributed by atoms with E-state index in [1.165, 1.54) is 13.8 Å². The second-order valence-electron chi connectivity index (χ2n) is 5.40. The molecule has 0 heterocycles. The van der Waals surface area contributed by atoms with Crippen LogP contribution in [0.5, 0.6) is 5.75 Å². The number of alkyl halides is 6. The highest BCUT2D eigenvalue weighted by Gasteiger charge is 2.73. The molecule has 1 aromatic rings. The molecule has 0 fully saturated rings. The van der Waals surface area contributed by atoms with Gasteiger partial charge in [0.1, 0.15) is 5.75 Å². The number of rotatable bonds is 7. The van der Waals surface area contributed by atoms with Crippen LogP contribution in [-0.2, 0) is 20.2 Å². The van der Waals surface area contributed by atoms with Gasteiger partial charge in [0, 0.05) is 12.7 Å². The zero-order valence-electron chi connectivity index (χ0n) is 14.5. The Bertz CT molecular complexity index is 636. The van der Waals surface area contributed by atoms with E-state index in [0.717, 1.165) is 0 Å². The second-order valence-corrected chi connectivity index (χ2v) is 5.40. The van der Waals surface area contributed by atoms with Crippen LogP contribution in [0.25, 0.3) is 0 Å². The molecular weight excluding hydrogens is 370 g/mol. The summed E-state index contributed by atoms with van der Waals surface area (Å²) in [6.45, 7) is 3.71. The fourth-order valence-corrected chi connectivity index (χ4v) is 2.30. The van der Waals surface area contributed by atoms with Gasteiger partial charge in [0.15, 0.2) is 6.61 Å². The Labute approximate surface area is 146 Å². The molecule has 0 saturated heterocycles. The van der Waals surface area contributed by atoms with Crippen LogP contribution in [0.15, 0.2) is 12.1 Å². The summed E-state index contributed by atoms with van der Waals surface area (Å²) in [7, 11) is 0.206. The average Bonchev–Trinajstić information content (AvgIpc) is 2.51. The SMILES string of the molecule is CCOC(=O)COc1c(C)cc(C(F)(F)C(F)(OC)C(F)(F)F)cc1C. The normalized spacial score (nSPS) is 14.7. The van der Waals surface area contributed by atoms with E-state index < -0.39 is 36.1 Å². The molecule has 0 spiro atoms. The van der Waals surface area contributed by atoms with Gasteiger partial charge < -0.3 is 14.2 Å². The van der Waals surface area contributed by atoms with E-state index in [1.807, 2.05) is 0 Å². The molecule has 0 aliphatic rings. The maximum Gasteiger partial charge on any atom is 0.455 e. The standard InChI is InChI=1S/C16H18F6O4/c1-5-25-12(23)8-26-13-9(2)6-11(7-10(13)3)14(17,18)15(19,24-4)16(20,21)22/h6-7H,5,8H2,1-4H3. The lowest BCUT2D eigenvalue weighted by Gasteiger charge is -2.34. The number of hydrogen-bond acceptors (Lipinski definition) is 4. The molecular formula is C16H18F6O4. The summed E-state index contributed by atoms with van der Waals surface area (Å²) in [5.74, 6) is -10.9. The molecule has 1 unspecified atom stereocenters. The van der Waals surface area contributed by atoms with Gasteiger partial charge in [-0.1, -0.05) is 0 Å². The van der Waals surface area contributed by atoms with E-state index in [-0.39, 0.29) is 30.6 Å². The lowest BCUT2D eigenvalue weighted by Crippen LogP contribution is -2.55. The third-order valence-corrected chi connectivity index (χ3v) is 3.51. The summed E-state index contributed by atoms with van der Waals surface area (Å²) in [5.41, 5.74) is -1.26. The minimum absolute atomic E-state index is 0.00601. The molecule has 1 atom stereocenters. The van der Waals surface area contributed by atoms with Gasteiger partial charge in [-0.3, -0.25) is 0 Å². The van der Waals surface area contributed by atoms with Crippen molar-refractivity contribution in [2.75, 3.05) is 20.3 Å². The topological polar surface area (TPSA) is 44.8 Å². The van der Waals surface area contributed by atoms with Crippen molar-refractivity contribution in [3.63, 3.8) is 0 Å². The fourth-order valence-electron chi connectivity index (χ4n) is 2.30. The van der Waals surface area contributed by atoms with Gasteiger partial charge in [-0.2, -0.15) is 26.3 Å². The number of aryl methyl sites for hydroxylation is 2. The van der Waals surface area contributed by atoms with Crippen LogP contribution in [0.4, 0.5) is 26.3 Å². The maximum absolute atomic E-state index is 14.3. The average molecular weight is 388 g/mol. The number of benzene rings is 1. The highest BCUT2D eigenvalue weighted by Crippen LogP contribution is 2.51. The quantitative estimate of drug-likeness (QED) is 0.519. The zero-order valence-corrected chi connectivity index (χ0v) is 14.5. The molecule has 0 N–H and O–H groups in total. The molecule has 148 valence electrons. The summed E-state index contributed by atoms with van der Waals surface area (Å²) in [6.07, 6.45) is -5.97. The molecule has 26 heavy (non-hydrogen) atoms. The highest BCUT2D eigenvalue weighted by atomic mass is 19.4. The Hall–Kier alpha value is -1.97. The van der Waals surface area contributed by atoms with Crippen molar-refractivity contribution in [3.8, 4) is 5.75 Å². The van der Waals surface area contributed by atoms with Crippen molar-refractivity contribution in [2.45, 2.75) is 38.7 Å². The number of methoxy groups -OCH3 is 1. The first-order valence-corrected chi connectivity index (χ1v) is 7.40. The van der Waals surface area contributed by atoms with Crippen LogP contribution in [0.3, 0.4) is 0 Å². The van der Waals surface area contributed by atoms with Gasteiger partial charge >= 0.3 is 23.9 Å². The third kappa shape index (κ3) is 4.05. The Morgan fingerprint density at radius 2 is 1.54 bits per heavy atom. The molecule has 0 amide bonds. The Balaban J connectivity index is 3.26. The predicted molar refractivity (Wildman–Crippen MR) is 78.8 cm³/mol. The predicted octanol–water partition coefficient (Wildman–Crippen LogP) is 4.21.